The van der Waals surface area contributed by atoms with Crippen molar-refractivity contribution in [3.8, 4) is 11.3 Å². The summed E-state index contributed by atoms with van der Waals surface area (Å²) in [7, 11) is 0. The third-order valence-corrected chi connectivity index (χ3v) is 4.97. The molecule has 0 radical (unpaired) electrons. The molecule has 24 heavy (non-hydrogen) atoms. The summed E-state index contributed by atoms with van der Waals surface area (Å²) in [5.74, 6) is -0.749. The van der Waals surface area contributed by atoms with E-state index < -0.39 is 11.3 Å². The molecule has 4 rings (SSSR count). The number of Topliss-reactive ketones (excluding diaryl/α,β-unsaturated/α-hetero) is 2. The summed E-state index contributed by atoms with van der Waals surface area (Å²) in [6.45, 7) is 0.898. The molecule has 0 saturated carbocycles. The lowest BCUT2D eigenvalue weighted by molar-refractivity contribution is -0.129. The van der Waals surface area contributed by atoms with Gasteiger partial charge in [0.2, 0.25) is 5.78 Å². The number of carbonyl (C=O) groups excluding carboxylic acids is 2. The normalized spacial score (nSPS) is 21.2. The summed E-state index contributed by atoms with van der Waals surface area (Å²) < 4.78 is 7.31. The minimum atomic E-state index is -0.870. The van der Waals surface area contributed by atoms with Gasteiger partial charge < -0.3 is 14.4 Å². The smallest absolute Gasteiger partial charge is 0.216 e. The van der Waals surface area contributed by atoms with Gasteiger partial charge in [0.25, 0.3) is 0 Å². The molecule has 0 bridgehead atoms. The molecule has 3 heterocycles. The molecule has 1 fully saturated rings. The van der Waals surface area contributed by atoms with Crippen molar-refractivity contribution in [2.24, 2.45) is 0 Å². The Morgan fingerprint density at radius 3 is 2.33 bits per heavy atom. The van der Waals surface area contributed by atoms with Crippen LogP contribution in [0.4, 0.5) is 0 Å². The molecule has 2 aliphatic heterocycles. The molecule has 0 amide bonds. The number of aromatic nitrogens is 1. The molecule has 2 aromatic rings. The number of allylic oxidation sites excluding steroid dienone is 1. The van der Waals surface area contributed by atoms with E-state index in [1.807, 2.05) is 41.0 Å². The van der Waals surface area contributed by atoms with Crippen LogP contribution >= 0.6 is 0 Å². The summed E-state index contributed by atoms with van der Waals surface area (Å²) in [5.41, 5.74) is 1.22. The largest absolute Gasteiger partial charge is 0.515 e. The quantitative estimate of drug-likeness (QED) is 0.498. The van der Waals surface area contributed by atoms with E-state index in [1.54, 1.807) is 6.07 Å². The lowest BCUT2D eigenvalue weighted by Crippen LogP contribution is -2.52. The van der Waals surface area contributed by atoms with Crippen LogP contribution in [-0.2, 0) is 15.1 Å². The van der Waals surface area contributed by atoms with Gasteiger partial charge in [0.15, 0.2) is 5.78 Å². The van der Waals surface area contributed by atoms with Crippen molar-refractivity contribution in [2.75, 3.05) is 13.2 Å². The van der Waals surface area contributed by atoms with Gasteiger partial charge >= 0.3 is 0 Å². The van der Waals surface area contributed by atoms with E-state index in [0.29, 0.717) is 38.0 Å². The lowest BCUT2D eigenvalue weighted by atomic mass is 9.77. The Hall–Kier alpha value is -2.66. The number of nitrogens with zero attached hydrogens (tertiary/aromatic N) is 1. The Balaban J connectivity index is 2.00. The zero-order valence-electron chi connectivity index (χ0n) is 13.1. The minimum absolute atomic E-state index is 0.137. The van der Waals surface area contributed by atoms with Crippen molar-refractivity contribution in [3.63, 3.8) is 0 Å². The van der Waals surface area contributed by atoms with Crippen LogP contribution in [0.25, 0.3) is 11.3 Å². The van der Waals surface area contributed by atoms with E-state index in [9.17, 15) is 14.7 Å². The van der Waals surface area contributed by atoms with E-state index in [2.05, 4.69) is 0 Å². The molecule has 5 heteroatoms. The fraction of sp³-hybridized carbons (Fsp3) is 0.263. The van der Waals surface area contributed by atoms with Crippen molar-refractivity contribution in [2.45, 2.75) is 18.4 Å². The predicted octanol–water partition coefficient (Wildman–Crippen LogP) is 2.87. The summed E-state index contributed by atoms with van der Waals surface area (Å²) in [4.78, 5) is 25.7. The average Bonchev–Trinajstić information content (AvgIpc) is 3.08. The molecular formula is C19H17NO4. The molecule has 1 saturated heterocycles. The Bertz CT molecular complexity index is 842. The number of aliphatic hydroxyl groups excluding tert-OH is 1. The maximum absolute atomic E-state index is 13.1. The number of aliphatic hydroxyl groups is 1. The van der Waals surface area contributed by atoms with Crippen molar-refractivity contribution < 1.29 is 19.4 Å². The molecular weight excluding hydrogens is 306 g/mol. The topological polar surface area (TPSA) is 68.5 Å². The molecule has 2 aliphatic rings. The summed E-state index contributed by atoms with van der Waals surface area (Å²) in [5, 5.41) is 9.45. The number of ether oxygens (including phenoxy) is 1. The molecule has 1 aromatic carbocycles. The molecule has 122 valence electrons. The van der Waals surface area contributed by atoms with Crippen LogP contribution < -0.4 is 0 Å². The summed E-state index contributed by atoms with van der Waals surface area (Å²) in [6.07, 6.45) is 1.62. The van der Waals surface area contributed by atoms with Crippen molar-refractivity contribution in [3.05, 3.63) is 60.0 Å². The molecule has 0 unspecified atom stereocenters. The van der Waals surface area contributed by atoms with Gasteiger partial charge in [-0.25, -0.2) is 0 Å². The second kappa shape index (κ2) is 5.46. The number of rotatable bonds is 1. The van der Waals surface area contributed by atoms with E-state index in [0.717, 1.165) is 11.3 Å². The van der Waals surface area contributed by atoms with Crippen LogP contribution in [0, 0.1) is 0 Å². The van der Waals surface area contributed by atoms with Gasteiger partial charge in [-0.2, -0.15) is 0 Å². The number of hydrogen-bond acceptors (Lipinski definition) is 4. The Kier molecular flexibility index (Phi) is 3.39. The Labute approximate surface area is 139 Å². The Morgan fingerprint density at radius 1 is 1.00 bits per heavy atom. The highest BCUT2D eigenvalue weighted by atomic mass is 16.5. The first-order chi connectivity index (χ1) is 11.7. The maximum atomic E-state index is 13.1. The maximum Gasteiger partial charge on any atom is 0.216 e. The van der Waals surface area contributed by atoms with Crippen LogP contribution in [0.5, 0.6) is 0 Å². The third kappa shape index (κ3) is 1.91. The standard InChI is InChI=1S/C19H17NO4/c21-12-14-17(22)16-7-6-15(13-4-2-1-3-5-13)20(16)19(18(14)23)8-10-24-11-9-19/h1-7,12,21H,8-11H2. The van der Waals surface area contributed by atoms with E-state index >= 15 is 0 Å². The average molecular weight is 323 g/mol. The lowest BCUT2D eigenvalue weighted by Gasteiger charge is -2.42. The number of ketones is 2. The molecule has 0 atom stereocenters. The van der Waals surface area contributed by atoms with Crippen molar-refractivity contribution in [1.29, 1.82) is 0 Å². The highest BCUT2D eigenvalue weighted by Gasteiger charge is 2.50. The molecule has 1 spiro atoms. The van der Waals surface area contributed by atoms with Crippen molar-refractivity contribution >= 4 is 11.6 Å². The van der Waals surface area contributed by atoms with Crippen LogP contribution in [0.3, 0.4) is 0 Å². The molecule has 5 nitrogen and oxygen atoms in total. The van der Waals surface area contributed by atoms with Crippen LogP contribution in [-0.4, -0.2) is 34.5 Å². The van der Waals surface area contributed by atoms with Gasteiger partial charge in [0.05, 0.1) is 12.0 Å². The molecule has 0 aliphatic carbocycles. The number of hydrogen-bond donors (Lipinski definition) is 1. The monoisotopic (exact) mass is 323 g/mol. The number of fused-ring (bicyclic) bond motifs is 2. The molecule has 1 aromatic heterocycles. The second-order valence-electron chi connectivity index (χ2n) is 6.15. The minimum Gasteiger partial charge on any atom is -0.515 e. The fourth-order valence-electron chi connectivity index (χ4n) is 3.78. The summed E-state index contributed by atoms with van der Waals surface area (Å²) >= 11 is 0. The van der Waals surface area contributed by atoms with E-state index in [-0.39, 0.29) is 11.4 Å². The zero-order chi connectivity index (χ0) is 16.7. The zero-order valence-corrected chi connectivity index (χ0v) is 13.1. The van der Waals surface area contributed by atoms with Crippen LogP contribution in [0.2, 0.25) is 0 Å². The second-order valence-corrected chi connectivity index (χ2v) is 6.15. The van der Waals surface area contributed by atoms with Gasteiger partial charge in [-0.05, 0) is 17.7 Å². The first-order valence-electron chi connectivity index (χ1n) is 7.98. The van der Waals surface area contributed by atoms with E-state index in [1.165, 1.54) is 0 Å². The van der Waals surface area contributed by atoms with Gasteiger partial charge in [-0.1, -0.05) is 30.3 Å². The Morgan fingerprint density at radius 2 is 1.67 bits per heavy atom. The first-order valence-corrected chi connectivity index (χ1v) is 7.98. The third-order valence-electron chi connectivity index (χ3n) is 4.97. The summed E-state index contributed by atoms with van der Waals surface area (Å²) in [6, 6.07) is 13.3. The van der Waals surface area contributed by atoms with Gasteiger partial charge in [-0.3, -0.25) is 9.59 Å². The van der Waals surface area contributed by atoms with Crippen LogP contribution in [0.15, 0.2) is 54.3 Å². The van der Waals surface area contributed by atoms with Gasteiger partial charge in [0, 0.05) is 31.7 Å². The van der Waals surface area contributed by atoms with Crippen molar-refractivity contribution in [1.82, 2.24) is 4.57 Å². The van der Waals surface area contributed by atoms with E-state index in [4.69, 9.17) is 4.74 Å². The van der Waals surface area contributed by atoms with Gasteiger partial charge in [-0.15, -0.1) is 0 Å². The number of carbonyl (C=O) groups is 2. The highest BCUT2D eigenvalue weighted by molar-refractivity contribution is 6.30. The predicted molar refractivity (Wildman–Crippen MR) is 87.9 cm³/mol. The fourth-order valence-corrected chi connectivity index (χ4v) is 3.78. The number of benzene rings is 1. The first kappa shape index (κ1) is 14.9. The molecule has 1 N–H and O–H groups in total. The van der Waals surface area contributed by atoms with Gasteiger partial charge in [0.1, 0.15) is 11.1 Å². The highest BCUT2D eigenvalue weighted by Crippen LogP contribution is 2.42. The van der Waals surface area contributed by atoms with Crippen LogP contribution in [0.1, 0.15) is 23.3 Å². The SMILES string of the molecule is O=C1C(=CO)C(=O)C2(CCOCC2)n2c1ccc2-c1ccccc1.